The Labute approximate surface area is 190 Å². The van der Waals surface area contributed by atoms with Gasteiger partial charge in [0.05, 0.1) is 6.04 Å². The maximum atomic E-state index is 13.2. The molecule has 4 aliphatic rings. The second-order valence-electron chi connectivity index (χ2n) is 9.80. The molecular formula is C28H31NO3. The molecular weight excluding hydrogens is 398 g/mol. The normalized spacial score (nSPS) is 24.8. The highest BCUT2D eigenvalue weighted by Gasteiger charge is 2.41. The van der Waals surface area contributed by atoms with Gasteiger partial charge in [-0.1, -0.05) is 60.2 Å². The van der Waals surface area contributed by atoms with Crippen LogP contribution in [-0.4, -0.2) is 42.9 Å². The quantitative estimate of drug-likeness (QED) is 0.567. The Bertz CT molecular complexity index is 993. The molecule has 0 aromatic heterocycles. The van der Waals surface area contributed by atoms with Gasteiger partial charge in [-0.2, -0.15) is 0 Å². The lowest BCUT2D eigenvalue weighted by molar-refractivity contribution is 0.0648. The Morgan fingerprint density at radius 3 is 2.31 bits per heavy atom. The van der Waals surface area contributed by atoms with Crippen molar-refractivity contribution in [2.24, 2.45) is 5.92 Å². The SMILES string of the molecule is O=C(OCC1c2ccccc2-c2ccccc21)N1C2C=C(CC3CCOCC3)CC1CC2. The number of ether oxygens (including phenoxy) is 2. The van der Waals surface area contributed by atoms with E-state index >= 15 is 0 Å². The molecule has 1 aliphatic carbocycles. The summed E-state index contributed by atoms with van der Waals surface area (Å²) in [5, 5.41) is 0. The number of hydrogen-bond acceptors (Lipinski definition) is 3. The summed E-state index contributed by atoms with van der Waals surface area (Å²) in [5.41, 5.74) is 6.61. The zero-order chi connectivity index (χ0) is 21.5. The van der Waals surface area contributed by atoms with Crippen LogP contribution in [0.2, 0.25) is 0 Å². The summed E-state index contributed by atoms with van der Waals surface area (Å²) in [6.07, 6.45) is 8.91. The fourth-order valence-electron chi connectivity index (χ4n) is 6.34. The second-order valence-corrected chi connectivity index (χ2v) is 9.80. The molecule has 3 heterocycles. The standard InChI is InChI=1S/C28H31NO3/c30-28(29-21-9-10-22(29)17-20(16-21)15-19-11-13-31-14-12-19)32-18-27-25-7-3-1-5-23(25)24-6-2-4-8-26(24)27/h1-8,16,19,21-22,27H,9-15,17-18H2. The highest BCUT2D eigenvalue weighted by molar-refractivity contribution is 5.79. The van der Waals surface area contributed by atoms with Crippen LogP contribution in [0, 0.1) is 5.92 Å². The first-order chi connectivity index (χ1) is 15.8. The zero-order valence-electron chi connectivity index (χ0n) is 18.5. The van der Waals surface area contributed by atoms with Crippen LogP contribution in [0.15, 0.2) is 60.2 Å². The second kappa shape index (κ2) is 8.40. The lowest BCUT2D eigenvalue weighted by Gasteiger charge is -2.35. The van der Waals surface area contributed by atoms with E-state index in [9.17, 15) is 4.79 Å². The first-order valence-corrected chi connectivity index (χ1v) is 12.2. The van der Waals surface area contributed by atoms with Crippen LogP contribution in [0.4, 0.5) is 4.79 Å². The number of benzene rings is 2. The zero-order valence-corrected chi connectivity index (χ0v) is 18.5. The monoisotopic (exact) mass is 429 g/mol. The van der Waals surface area contributed by atoms with Crippen molar-refractivity contribution < 1.29 is 14.3 Å². The average Bonchev–Trinajstić information content (AvgIpc) is 3.30. The molecule has 4 heteroatoms. The van der Waals surface area contributed by atoms with Crippen molar-refractivity contribution in [3.63, 3.8) is 0 Å². The predicted molar refractivity (Wildman–Crippen MR) is 125 cm³/mol. The molecule has 2 fully saturated rings. The van der Waals surface area contributed by atoms with Crippen LogP contribution >= 0.6 is 0 Å². The summed E-state index contributed by atoms with van der Waals surface area (Å²) in [7, 11) is 0. The van der Waals surface area contributed by atoms with Crippen LogP contribution in [0.1, 0.15) is 55.6 Å². The molecule has 2 aromatic rings. The molecule has 166 valence electrons. The van der Waals surface area contributed by atoms with Crippen molar-refractivity contribution in [2.45, 2.75) is 56.5 Å². The van der Waals surface area contributed by atoms with Crippen LogP contribution in [-0.2, 0) is 9.47 Å². The largest absolute Gasteiger partial charge is 0.448 e. The smallest absolute Gasteiger partial charge is 0.410 e. The van der Waals surface area contributed by atoms with Crippen molar-refractivity contribution in [2.75, 3.05) is 19.8 Å². The van der Waals surface area contributed by atoms with Gasteiger partial charge < -0.3 is 9.47 Å². The van der Waals surface area contributed by atoms with Crippen molar-refractivity contribution >= 4 is 6.09 Å². The first-order valence-electron chi connectivity index (χ1n) is 12.2. The number of amides is 1. The van der Waals surface area contributed by atoms with Gasteiger partial charge >= 0.3 is 6.09 Å². The molecule has 1 amide bonds. The van der Waals surface area contributed by atoms with Crippen LogP contribution in [0.25, 0.3) is 11.1 Å². The van der Waals surface area contributed by atoms with Crippen LogP contribution in [0.5, 0.6) is 0 Å². The van der Waals surface area contributed by atoms with Crippen molar-refractivity contribution in [1.29, 1.82) is 0 Å². The third-order valence-electron chi connectivity index (χ3n) is 7.91. The predicted octanol–water partition coefficient (Wildman–Crippen LogP) is 5.92. The van der Waals surface area contributed by atoms with Crippen LogP contribution in [0.3, 0.4) is 0 Å². The topological polar surface area (TPSA) is 38.8 Å². The van der Waals surface area contributed by atoms with Gasteiger partial charge in [0.1, 0.15) is 6.61 Å². The highest BCUT2D eigenvalue weighted by atomic mass is 16.6. The molecule has 0 saturated carbocycles. The third-order valence-corrected chi connectivity index (χ3v) is 7.91. The van der Waals surface area contributed by atoms with Crippen LogP contribution < -0.4 is 0 Å². The third kappa shape index (κ3) is 3.55. The van der Waals surface area contributed by atoms with Gasteiger partial charge in [-0.3, -0.25) is 4.90 Å². The lowest BCUT2D eigenvalue weighted by atomic mass is 9.88. The number of fused-ring (bicyclic) bond motifs is 5. The molecule has 4 nitrogen and oxygen atoms in total. The fraction of sp³-hybridized carbons (Fsp3) is 0.464. The lowest BCUT2D eigenvalue weighted by Crippen LogP contribution is -2.44. The van der Waals surface area contributed by atoms with Gasteiger partial charge in [0.25, 0.3) is 0 Å². The maximum Gasteiger partial charge on any atom is 0.410 e. The number of carbonyl (C=O) groups excluding carboxylic acids is 1. The Morgan fingerprint density at radius 2 is 1.62 bits per heavy atom. The molecule has 3 aliphatic heterocycles. The van der Waals surface area contributed by atoms with E-state index in [4.69, 9.17) is 9.47 Å². The molecule has 2 bridgehead atoms. The minimum atomic E-state index is -0.138. The van der Waals surface area contributed by atoms with Crippen molar-refractivity contribution in [3.8, 4) is 11.1 Å². The molecule has 2 saturated heterocycles. The fourth-order valence-corrected chi connectivity index (χ4v) is 6.34. The van der Waals surface area contributed by atoms with Crippen molar-refractivity contribution in [1.82, 2.24) is 4.90 Å². The van der Waals surface area contributed by atoms with E-state index in [1.165, 1.54) is 41.5 Å². The molecule has 0 radical (unpaired) electrons. The number of rotatable bonds is 4. The Morgan fingerprint density at radius 1 is 0.938 bits per heavy atom. The summed E-state index contributed by atoms with van der Waals surface area (Å²) in [6, 6.07) is 17.5. The van der Waals surface area contributed by atoms with E-state index in [2.05, 4.69) is 54.6 Å². The summed E-state index contributed by atoms with van der Waals surface area (Å²) in [4.78, 5) is 15.2. The van der Waals surface area contributed by atoms with E-state index in [1.54, 1.807) is 5.57 Å². The van der Waals surface area contributed by atoms with Gasteiger partial charge in [-0.15, -0.1) is 0 Å². The molecule has 2 aromatic carbocycles. The Kier molecular flexibility index (Phi) is 5.26. The molecule has 2 atom stereocenters. The van der Waals surface area contributed by atoms with Gasteiger partial charge in [-0.05, 0) is 66.7 Å². The Balaban J connectivity index is 1.14. The van der Waals surface area contributed by atoms with Gasteiger partial charge in [0.15, 0.2) is 0 Å². The summed E-state index contributed by atoms with van der Waals surface area (Å²) in [5.74, 6) is 0.865. The van der Waals surface area contributed by atoms with E-state index < -0.39 is 0 Å². The number of hydrogen-bond donors (Lipinski definition) is 0. The molecule has 6 rings (SSSR count). The number of carbonyl (C=O) groups is 1. The van der Waals surface area contributed by atoms with E-state index in [1.807, 2.05) is 4.90 Å². The summed E-state index contributed by atoms with van der Waals surface area (Å²) in [6.45, 7) is 2.20. The minimum absolute atomic E-state index is 0.119. The minimum Gasteiger partial charge on any atom is -0.448 e. The van der Waals surface area contributed by atoms with E-state index in [0.717, 1.165) is 38.4 Å². The highest BCUT2D eigenvalue weighted by Crippen LogP contribution is 2.45. The van der Waals surface area contributed by atoms with Gasteiger partial charge in [0, 0.05) is 25.2 Å². The first kappa shape index (κ1) is 20.0. The van der Waals surface area contributed by atoms with Gasteiger partial charge in [-0.25, -0.2) is 4.79 Å². The average molecular weight is 430 g/mol. The maximum absolute atomic E-state index is 13.2. The van der Waals surface area contributed by atoms with Gasteiger partial charge in [0.2, 0.25) is 0 Å². The molecule has 0 N–H and O–H groups in total. The summed E-state index contributed by atoms with van der Waals surface area (Å²) >= 11 is 0. The van der Waals surface area contributed by atoms with Crippen molar-refractivity contribution in [3.05, 3.63) is 71.3 Å². The van der Waals surface area contributed by atoms with E-state index in [-0.39, 0.29) is 18.1 Å². The Hall–Kier alpha value is -2.59. The molecule has 32 heavy (non-hydrogen) atoms. The van der Waals surface area contributed by atoms with E-state index in [0.29, 0.717) is 12.6 Å². The number of nitrogens with zero attached hydrogens (tertiary/aromatic N) is 1. The molecule has 0 spiro atoms. The summed E-state index contributed by atoms with van der Waals surface area (Å²) < 4.78 is 11.5. The molecule has 2 unspecified atom stereocenters.